The second-order valence-corrected chi connectivity index (χ2v) is 4.71. The molecule has 0 atom stereocenters. The van der Waals surface area contributed by atoms with Crippen LogP contribution < -0.4 is 11.1 Å². The first-order valence-electron chi connectivity index (χ1n) is 4.67. The van der Waals surface area contributed by atoms with Crippen LogP contribution in [0.3, 0.4) is 0 Å². The van der Waals surface area contributed by atoms with Crippen LogP contribution in [0.1, 0.15) is 12.8 Å². The smallest absolute Gasteiger partial charge is 0.244 e. The molecule has 1 aromatic rings. The summed E-state index contributed by atoms with van der Waals surface area (Å²) >= 11 is 2.85. The molecule has 0 unspecified atom stereocenters. The van der Waals surface area contributed by atoms with E-state index in [2.05, 4.69) is 21.2 Å². The number of amides is 1. The molecule has 3 nitrogen and oxygen atoms in total. The van der Waals surface area contributed by atoms with E-state index in [1.165, 1.54) is 0 Å². The Morgan fingerprint density at radius 1 is 1.38 bits per heavy atom. The van der Waals surface area contributed by atoms with Crippen molar-refractivity contribution < 1.29 is 13.6 Å². The number of carbonyl (C=O) groups excluding carboxylic acids is 1. The first-order chi connectivity index (χ1) is 7.42. The quantitative estimate of drug-likeness (QED) is 0.820. The van der Waals surface area contributed by atoms with Crippen LogP contribution in [-0.2, 0) is 4.79 Å². The lowest BCUT2D eigenvalue weighted by molar-refractivity contribution is -0.118. The molecule has 3 N–H and O–H groups in total. The van der Waals surface area contributed by atoms with Gasteiger partial charge in [-0.1, -0.05) is 0 Å². The number of carbonyl (C=O) groups is 1. The molecule has 1 aliphatic rings. The average molecular weight is 291 g/mol. The number of benzene rings is 1. The minimum atomic E-state index is -0.907. The highest BCUT2D eigenvalue weighted by molar-refractivity contribution is 9.10. The number of anilines is 1. The van der Waals surface area contributed by atoms with Crippen molar-refractivity contribution in [3.63, 3.8) is 0 Å². The number of hydrogen-bond donors (Lipinski definition) is 2. The van der Waals surface area contributed by atoms with Gasteiger partial charge in [0.1, 0.15) is 11.6 Å². The van der Waals surface area contributed by atoms with Crippen molar-refractivity contribution in [2.45, 2.75) is 18.4 Å². The maximum absolute atomic E-state index is 13.3. The largest absolute Gasteiger partial charge is 0.322 e. The minimum Gasteiger partial charge on any atom is -0.322 e. The second kappa shape index (κ2) is 3.78. The van der Waals surface area contributed by atoms with Crippen molar-refractivity contribution in [2.75, 3.05) is 5.32 Å². The molecule has 0 spiro atoms. The van der Waals surface area contributed by atoms with Gasteiger partial charge in [-0.25, -0.2) is 8.78 Å². The predicted molar refractivity (Wildman–Crippen MR) is 58.8 cm³/mol. The molecule has 0 aliphatic heterocycles. The van der Waals surface area contributed by atoms with Gasteiger partial charge in [-0.15, -0.1) is 0 Å². The Bertz CT molecular complexity index is 460. The average Bonchev–Trinajstić information content (AvgIpc) is 2.94. The highest BCUT2D eigenvalue weighted by atomic mass is 79.9. The number of rotatable bonds is 2. The first-order valence-corrected chi connectivity index (χ1v) is 5.46. The highest BCUT2D eigenvalue weighted by Gasteiger charge is 2.46. The molecule has 0 radical (unpaired) electrons. The molecular formula is C10H9BrF2N2O. The summed E-state index contributed by atoms with van der Waals surface area (Å²) < 4.78 is 26.5. The molecule has 1 aromatic carbocycles. The van der Waals surface area contributed by atoms with Gasteiger partial charge in [0.25, 0.3) is 0 Å². The van der Waals surface area contributed by atoms with Crippen LogP contribution in [0.5, 0.6) is 0 Å². The van der Waals surface area contributed by atoms with Gasteiger partial charge in [0.15, 0.2) is 0 Å². The Hall–Kier alpha value is -1.01. The second-order valence-electron chi connectivity index (χ2n) is 3.86. The Kier molecular flexibility index (Phi) is 2.71. The standard InChI is InChI=1S/C10H9BrF2N2O/c11-5-3-7(13)8(4-6(5)12)15-9(16)10(14)1-2-10/h3-4H,1-2,14H2,(H,15,16). The van der Waals surface area contributed by atoms with Gasteiger partial charge >= 0.3 is 0 Å². The molecule has 2 rings (SSSR count). The summed E-state index contributed by atoms with van der Waals surface area (Å²) in [7, 11) is 0. The van der Waals surface area contributed by atoms with Crippen LogP contribution in [0.4, 0.5) is 14.5 Å². The zero-order chi connectivity index (χ0) is 11.9. The normalized spacial score (nSPS) is 17.0. The van der Waals surface area contributed by atoms with E-state index in [9.17, 15) is 13.6 Å². The van der Waals surface area contributed by atoms with Crippen LogP contribution in [0.25, 0.3) is 0 Å². The molecule has 16 heavy (non-hydrogen) atoms. The summed E-state index contributed by atoms with van der Waals surface area (Å²) in [5.74, 6) is -1.82. The van der Waals surface area contributed by atoms with E-state index in [0.29, 0.717) is 12.8 Å². The summed E-state index contributed by atoms with van der Waals surface area (Å²) in [6, 6.07) is 1.88. The minimum absolute atomic E-state index is 0.0110. The van der Waals surface area contributed by atoms with Crippen LogP contribution in [0.15, 0.2) is 16.6 Å². The Labute approximate surface area is 99.1 Å². The molecule has 0 bridgehead atoms. The van der Waals surface area contributed by atoms with E-state index < -0.39 is 23.1 Å². The van der Waals surface area contributed by atoms with E-state index in [1.807, 2.05) is 0 Å². The van der Waals surface area contributed by atoms with Gasteiger partial charge in [-0.2, -0.15) is 0 Å². The van der Waals surface area contributed by atoms with Crippen molar-refractivity contribution in [1.29, 1.82) is 0 Å². The van der Waals surface area contributed by atoms with E-state index in [0.717, 1.165) is 12.1 Å². The molecule has 1 amide bonds. The molecule has 1 fully saturated rings. The third-order valence-corrected chi connectivity index (χ3v) is 3.11. The molecule has 86 valence electrons. The Morgan fingerprint density at radius 3 is 2.56 bits per heavy atom. The van der Waals surface area contributed by atoms with Crippen molar-refractivity contribution >= 4 is 27.5 Å². The van der Waals surface area contributed by atoms with Gasteiger partial charge < -0.3 is 11.1 Å². The third kappa shape index (κ3) is 2.08. The van der Waals surface area contributed by atoms with E-state index in [4.69, 9.17) is 5.73 Å². The summed E-state index contributed by atoms with van der Waals surface area (Å²) in [4.78, 5) is 11.5. The van der Waals surface area contributed by atoms with Crippen LogP contribution in [0.2, 0.25) is 0 Å². The molecule has 6 heteroatoms. The number of hydrogen-bond acceptors (Lipinski definition) is 2. The van der Waals surface area contributed by atoms with Crippen molar-refractivity contribution in [2.24, 2.45) is 5.73 Å². The Balaban J connectivity index is 2.21. The van der Waals surface area contributed by atoms with Crippen LogP contribution in [0, 0.1) is 11.6 Å². The zero-order valence-corrected chi connectivity index (χ0v) is 9.77. The number of halogens is 3. The fourth-order valence-corrected chi connectivity index (χ4v) is 1.54. The topological polar surface area (TPSA) is 55.1 Å². The van der Waals surface area contributed by atoms with Gasteiger partial charge in [0, 0.05) is 6.07 Å². The molecule has 1 saturated carbocycles. The maximum Gasteiger partial charge on any atom is 0.244 e. The van der Waals surface area contributed by atoms with Crippen LogP contribution >= 0.6 is 15.9 Å². The van der Waals surface area contributed by atoms with Gasteiger partial charge in [-0.3, -0.25) is 4.79 Å². The van der Waals surface area contributed by atoms with E-state index >= 15 is 0 Å². The number of nitrogens with two attached hydrogens (primary N) is 1. The van der Waals surface area contributed by atoms with Gasteiger partial charge in [0.2, 0.25) is 5.91 Å². The summed E-state index contributed by atoms with van der Waals surface area (Å²) in [5, 5.41) is 2.28. The van der Waals surface area contributed by atoms with Gasteiger partial charge in [-0.05, 0) is 34.8 Å². The number of nitrogens with one attached hydrogen (secondary N) is 1. The third-order valence-electron chi connectivity index (χ3n) is 2.50. The highest BCUT2D eigenvalue weighted by Crippen LogP contribution is 2.34. The van der Waals surface area contributed by atoms with Crippen molar-refractivity contribution in [3.8, 4) is 0 Å². The Morgan fingerprint density at radius 2 is 2.00 bits per heavy atom. The first kappa shape index (κ1) is 11.5. The summed E-state index contributed by atoms with van der Waals surface area (Å²) in [5.41, 5.74) is 4.52. The van der Waals surface area contributed by atoms with Crippen molar-refractivity contribution in [3.05, 3.63) is 28.2 Å². The zero-order valence-electron chi connectivity index (χ0n) is 8.19. The monoisotopic (exact) mass is 290 g/mol. The predicted octanol–water partition coefficient (Wildman–Crippen LogP) is 2.16. The molecule has 0 aromatic heterocycles. The molecule has 0 heterocycles. The lowest BCUT2D eigenvalue weighted by Gasteiger charge is -2.11. The van der Waals surface area contributed by atoms with Crippen LogP contribution in [-0.4, -0.2) is 11.4 Å². The van der Waals surface area contributed by atoms with Crippen molar-refractivity contribution in [1.82, 2.24) is 0 Å². The van der Waals surface area contributed by atoms with E-state index in [-0.39, 0.29) is 10.2 Å². The fraction of sp³-hybridized carbons (Fsp3) is 0.300. The fourth-order valence-electron chi connectivity index (χ4n) is 1.23. The van der Waals surface area contributed by atoms with Gasteiger partial charge in [0.05, 0.1) is 15.7 Å². The summed E-state index contributed by atoms with van der Waals surface area (Å²) in [6.45, 7) is 0. The molecule has 1 aliphatic carbocycles. The SMILES string of the molecule is NC1(C(=O)Nc2cc(F)c(Br)cc2F)CC1. The van der Waals surface area contributed by atoms with E-state index in [1.54, 1.807) is 0 Å². The lowest BCUT2D eigenvalue weighted by Crippen LogP contribution is -2.38. The maximum atomic E-state index is 13.3. The summed E-state index contributed by atoms with van der Waals surface area (Å²) in [6.07, 6.45) is 1.14. The molecular weight excluding hydrogens is 282 g/mol. The molecule has 0 saturated heterocycles. The lowest BCUT2D eigenvalue weighted by atomic mass is 10.2.